The number of hydrogen-bond acceptors (Lipinski definition) is 4. The zero-order valence-electron chi connectivity index (χ0n) is 19.3. The molecule has 1 unspecified atom stereocenters. The Balaban J connectivity index is 1.65. The van der Waals surface area contributed by atoms with Crippen molar-refractivity contribution in [1.82, 2.24) is 5.32 Å². The SMILES string of the molecule is CCCN1c2cc(C)c(/C=C3/SC(=Nc4ccc(Cl)cc4)NC3=O)cc2C(C)CC1(C)C. The zero-order chi connectivity index (χ0) is 23.0. The second-order valence-corrected chi connectivity index (χ2v) is 10.8. The number of nitrogens with zero attached hydrogens (tertiary/aromatic N) is 2. The van der Waals surface area contributed by atoms with Gasteiger partial charge in [0.15, 0.2) is 5.17 Å². The Labute approximate surface area is 200 Å². The van der Waals surface area contributed by atoms with Gasteiger partial charge in [-0.1, -0.05) is 25.4 Å². The highest BCUT2D eigenvalue weighted by molar-refractivity contribution is 8.18. The summed E-state index contributed by atoms with van der Waals surface area (Å²) < 4.78 is 0. The number of aliphatic imine (C=N–C) groups is 1. The van der Waals surface area contributed by atoms with Crippen molar-refractivity contribution in [1.29, 1.82) is 0 Å². The third-order valence-corrected chi connectivity index (χ3v) is 7.38. The second-order valence-electron chi connectivity index (χ2n) is 9.30. The molecule has 4 rings (SSSR count). The minimum Gasteiger partial charge on any atom is -0.366 e. The number of benzene rings is 2. The lowest BCUT2D eigenvalue weighted by molar-refractivity contribution is -0.115. The van der Waals surface area contributed by atoms with Gasteiger partial charge in [0.25, 0.3) is 5.91 Å². The second kappa shape index (κ2) is 8.95. The van der Waals surface area contributed by atoms with Crippen LogP contribution in [0.4, 0.5) is 11.4 Å². The van der Waals surface area contributed by atoms with Crippen molar-refractivity contribution in [3.05, 3.63) is 63.0 Å². The van der Waals surface area contributed by atoms with E-state index in [4.69, 9.17) is 11.6 Å². The summed E-state index contributed by atoms with van der Waals surface area (Å²) in [7, 11) is 0. The predicted molar refractivity (Wildman–Crippen MR) is 138 cm³/mol. The van der Waals surface area contributed by atoms with E-state index < -0.39 is 0 Å². The van der Waals surface area contributed by atoms with Crippen LogP contribution in [0.3, 0.4) is 0 Å². The van der Waals surface area contributed by atoms with E-state index in [1.165, 1.54) is 28.6 Å². The number of rotatable bonds is 4. The first-order valence-corrected chi connectivity index (χ1v) is 12.3. The summed E-state index contributed by atoms with van der Waals surface area (Å²) in [5.41, 5.74) is 5.88. The molecule has 0 spiro atoms. The van der Waals surface area contributed by atoms with Crippen molar-refractivity contribution >= 4 is 51.9 Å². The Morgan fingerprint density at radius 3 is 2.69 bits per heavy atom. The number of aryl methyl sites for hydroxylation is 1. The Hall–Kier alpha value is -2.24. The van der Waals surface area contributed by atoms with Gasteiger partial charge in [0.2, 0.25) is 0 Å². The number of nitrogens with one attached hydrogen (secondary N) is 1. The first kappa shape index (κ1) is 22.9. The van der Waals surface area contributed by atoms with E-state index in [0.717, 1.165) is 30.6 Å². The third kappa shape index (κ3) is 4.60. The molecule has 2 aromatic rings. The molecule has 1 atom stereocenters. The number of fused-ring (bicyclic) bond motifs is 1. The van der Waals surface area contributed by atoms with E-state index in [1.807, 2.05) is 18.2 Å². The molecule has 0 aromatic heterocycles. The van der Waals surface area contributed by atoms with Crippen LogP contribution in [0.15, 0.2) is 46.3 Å². The van der Waals surface area contributed by atoms with Crippen LogP contribution >= 0.6 is 23.4 Å². The van der Waals surface area contributed by atoms with Gasteiger partial charge in [0.1, 0.15) is 0 Å². The van der Waals surface area contributed by atoms with E-state index in [0.29, 0.717) is 21.0 Å². The number of carbonyl (C=O) groups is 1. The molecule has 6 heteroatoms. The van der Waals surface area contributed by atoms with Crippen molar-refractivity contribution in [3.63, 3.8) is 0 Å². The van der Waals surface area contributed by atoms with Gasteiger partial charge in [-0.05, 0) is 110 Å². The van der Waals surface area contributed by atoms with Crippen LogP contribution in [0.25, 0.3) is 6.08 Å². The van der Waals surface area contributed by atoms with Crippen LogP contribution in [-0.4, -0.2) is 23.2 Å². The smallest absolute Gasteiger partial charge is 0.264 e. The highest BCUT2D eigenvalue weighted by Crippen LogP contribution is 2.45. The topological polar surface area (TPSA) is 44.7 Å². The van der Waals surface area contributed by atoms with Crippen LogP contribution in [-0.2, 0) is 4.79 Å². The number of hydrogen-bond donors (Lipinski definition) is 1. The summed E-state index contributed by atoms with van der Waals surface area (Å²) in [6.45, 7) is 12.4. The van der Waals surface area contributed by atoms with Crippen LogP contribution in [0, 0.1) is 6.92 Å². The lowest BCUT2D eigenvalue weighted by atomic mass is 9.79. The molecule has 1 amide bonds. The molecule has 2 aliphatic rings. The Kier molecular flexibility index (Phi) is 6.42. The molecule has 2 aromatic carbocycles. The van der Waals surface area contributed by atoms with E-state index in [2.05, 4.69) is 62.0 Å². The van der Waals surface area contributed by atoms with Crippen molar-refractivity contribution in [2.75, 3.05) is 11.4 Å². The monoisotopic (exact) mass is 467 g/mol. The largest absolute Gasteiger partial charge is 0.366 e. The Morgan fingerprint density at radius 1 is 1.28 bits per heavy atom. The van der Waals surface area contributed by atoms with E-state index in [-0.39, 0.29) is 11.4 Å². The normalized spacial score (nSPS) is 22.4. The minimum absolute atomic E-state index is 0.110. The first-order chi connectivity index (χ1) is 15.2. The maximum atomic E-state index is 12.6. The number of halogens is 1. The molecular weight excluding hydrogens is 438 g/mol. The molecule has 1 fully saturated rings. The van der Waals surface area contributed by atoms with Gasteiger partial charge in [-0.15, -0.1) is 0 Å². The number of amides is 1. The Bertz CT molecular complexity index is 1100. The molecule has 4 nitrogen and oxygen atoms in total. The van der Waals surface area contributed by atoms with Gasteiger partial charge in [0.05, 0.1) is 10.6 Å². The summed E-state index contributed by atoms with van der Waals surface area (Å²) in [6.07, 6.45) is 4.23. The molecule has 0 radical (unpaired) electrons. The standard InChI is InChI=1S/C26H30ClN3OS/c1-6-11-30-22-12-16(2)18(13-21(22)17(3)15-26(30,4)5)14-23-24(31)29-25(32-23)28-20-9-7-19(27)8-10-20/h7-10,12-14,17H,6,11,15H2,1-5H3,(H,28,29,31)/b23-14+. The van der Waals surface area contributed by atoms with Crippen LogP contribution in [0.5, 0.6) is 0 Å². The van der Waals surface area contributed by atoms with Crippen LogP contribution in [0.2, 0.25) is 5.02 Å². The molecule has 0 bridgehead atoms. The van der Waals surface area contributed by atoms with E-state index in [1.54, 1.807) is 12.1 Å². The third-order valence-electron chi connectivity index (χ3n) is 6.22. The molecule has 2 aliphatic heterocycles. The predicted octanol–water partition coefficient (Wildman–Crippen LogP) is 7.04. The summed E-state index contributed by atoms with van der Waals surface area (Å²) in [4.78, 5) is 20.4. The molecule has 1 N–H and O–H groups in total. The number of amidine groups is 1. The number of carbonyl (C=O) groups excluding carboxylic acids is 1. The molecule has 2 heterocycles. The van der Waals surface area contributed by atoms with Crippen molar-refractivity contribution in [3.8, 4) is 0 Å². The molecule has 32 heavy (non-hydrogen) atoms. The van der Waals surface area contributed by atoms with Gasteiger partial charge in [0, 0.05) is 22.8 Å². The summed E-state index contributed by atoms with van der Waals surface area (Å²) in [5.74, 6) is 0.361. The van der Waals surface area contributed by atoms with Gasteiger partial charge in [-0.2, -0.15) is 0 Å². The van der Waals surface area contributed by atoms with Gasteiger partial charge in [-0.3, -0.25) is 4.79 Å². The summed E-state index contributed by atoms with van der Waals surface area (Å²) in [5, 5.41) is 4.13. The van der Waals surface area contributed by atoms with Gasteiger partial charge < -0.3 is 10.2 Å². The minimum atomic E-state index is -0.110. The fourth-order valence-corrected chi connectivity index (χ4v) is 5.67. The van der Waals surface area contributed by atoms with E-state index in [9.17, 15) is 4.79 Å². The van der Waals surface area contributed by atoms with Gasteiger partial charge in [-0.25, -0.2) is 4.99 Å². The highest BCUT2D eigenvalue weighted by Gasteiger charge is 2.36. The maximum absolute atomic E-state index is 12.6. The van der Waals surface area contributed by atoms with Crippen LogP contribution in [0.1, 0.15) is 63.1 Å². The fourth-order valence-electron chi connectivity index (χ4n) is 4.71. The lowest BCUT2D eigenvalue weighted by Gasteiger charge is -2.48. The quantitative estimate of drug-likeness (QED) is 0.490. The van der Waals surface area contributed by atoms with Gasteiger partial charge >= 0.3 is 0 Å². The fraction of sp³-hybridized carbons (Fsp3) is 0.385. The molecular formula is C26H30ClN3OS. The van der Waals surface area contributed by atoms with Crippen LogP contribution < -0.4 is 10.2 Å². The first-order valence-electron chi connectivity index (χ1n) is 11.2. The summed E-state index contributed by atoms with van der Waals surface area (Å²) in [6, 6.07) is 11.8. The maximum Gasteiger partial charge on any atom is 0.264 e. The van der Waals surface area contributed by atoms with E-state index >= 15 is 0 Å². The number of anilines is 1. The zero-order valence-corrected chi connectivity index (χ0v) is 20.9. The average Bonchev–Trinajstić information content (AvgIpc) is 3.06. The molecule has 168 valence electrons. The molecule has 1 saturated heterocycles. The lowest BCUT2D eigenvalue weighted by Crippen LogP contribution is -2.48. The van der Waals surface area contributed by atoms with Crippen molar-refractivity contribution in [2.45, 2.75) is 58.9 Å². The van der Waals surface area contributed by atoms with Crippen molar-refractivity contribution < 1.29 is 4.79 Å². The molecule has 0 aliphatic carbocycles. The Morgan fingerprint density at radius 2 is 2.00 bits per heavy atom. The number of thioether (sulfide) groups is 1. The van der Waals surface area contributed by atoms with Crippen molar-refractivity contribution in [2.24, 2.45) is 4.99 Å². The summed E-state index contributed by atoms with van der Waals surface area (Å²) >= 11 is 7.32. The highest BCUT2D eigenvalue weighted by atomic mass is 35.5. The average molecular weight is 468 g/mol. The molecule has 0 saturated carbocycles.